The second-order valence-corrected chi connectivity index (χ2v) is 6.47. The van der Waals surface area contributed by atoms with Crippen molar-refractivity contribution >= 4 is 28.3 Å². The molecule has 0 amide bonds. The molecular weight excluding hydrogens is 330 g/mol. The molecule has 0 bridgehead atoms. The molecule has 0 aliphatic carbocycles. The number of aromatic nitrogens is 7. The van der Waals surface area contributed by atoms with E-state index in [4.69, 9.17) is 0 Å². The van der Waals surface area contributed by atoms with Crippen LogP contribution in [0.1, 0.15) is 5.82 Å². The fourth-order valence-corrected chi connectivity index (χ4v) is 3.22. The van der Waals surface area contributed by atoms with Crippen LogP contribution < -0.4 is 10.2 Å². The van der Waals surface area contributed by atoms with Gasteiger partial charge in [-0.3, -0.25) is 0 Å². The maximum Gasteiger partial charge on any atom is 0.177 e. The Labute approximate surface area is 149 Å². The van der Waals surface area contributed by atoms with E-state index in [1.807, 2.05) is 31.2 Å². The van der Waals surface area contributed by atoms with Gasteiger partial charge in [-0.2, -0.15) is 4.52 Å². The predicted octanol–water partition coefficient (Wildman–Crippen LogP) is 1.32. The van der Waals surface area contributed by atoms with Gasteiger partial charge in [0.25, 0.3) is 0 Å². The molecule has 0 unspecified atom stereocenters. The summed E-state index contributed by atoms with van der Waals surface area (Å²) in [5.74, 6) is 3.06. The summed E-state index contributed by atoms with van der Waals surface area (Å²) in [4.78, 5) is 15.5. The Balaban J connectivity index is 1.25. The van der Waals surface area contributed by atoms with Gasteiger partial charge in [0.2, 0.25) is 0 Å². The Bertz CT molecular complexity index is 1080. The molecule has 0 aromatic carbocycles. The summed E-state index contributed by atoms with van der Waals surface area (Å²) in [6.07, 6.45) is 3.37. The van der Waals surface area contributed by atoms with Crippen LogP contribution in [0.3, 0.4) is 0 Å². The molecule has 130 valence electrons. The first-order valence-corrected chi connectivity index (χ1v) is 8.51. The molecule has 1 aliphatic heterocycles. The van der Waals surface area contributed by atoms with E-state index in [9.17, 15) is 0 Å². The van der Waals surface area contributed by atoms with Crippen LogP contribution in [0.2, 0.25) is 0 Å². The Morgan fingerprint density at radius 2 is 2.12 bits per heavy atom. The summed E-state index contributed by atoms with van der Waals surface area (Å²) in [7, 11) is 0. The standard InChI is InChI=1S/C17H17N9/c1-11-21-16-13(3-2-6-18-16)17(22-11)19-7-12-8-25(9-12)15-5-4-14-23-20-10-26(14)24-15/h2-6,10,12H,7-9H2,1H3,(H,18,19,21,22). The van der Waals surface area contributed by atoms with Gasteiger partial charge in [0.1, 0.15) is 23.8 Å². The summed E-state index contributed by atoms with van der Waals surface area (Å²) in [5.41, 5.74) is 1.48. The van der Waals surface area contributed by atoms with Crippen LogP contribution >= 0.6 is 0 Å². The normalized spacial score (nSPS) is 14.7. The summed E-state index contributed by atoms with van der Waals surface area (Å²) in [5, 5.41) is 16.8. The second kappa shape index (κ2) is 5.87. The quantitative estimate of drug-likeness (QED) is 0.590. The molecule has 9 heteroatoms. The molecular formula is C17H17N9. The second-order valence-electron chi connectivity index (χ2n) is 6.47. The fourth-order valence-electron chi connectivity index (χ4n) is 3.22. The van der Waals surface area contributed by atoms with Gasteiger partial charge in [-0.25, -0.2) is 15.0 Å². The molecule has 0 atom stereocenters. The van der Waals surface area contributed by atoms with Gasteiger partial charge in [-0.15, -0.1) is 15.3 Å². The lowest BCUT2D eigenvalue weighted by Gasteiger charge is -2.40. The zero-order valence-corrected chi connectivity index (χ0v) is 14.2. The molecule has 1 N–H and O–H groups in total. The molecule has 1 saturated heterocycles. The lowest BCUT2D eigenvalue weighted by Crippen LogP contribution is -2.50. The Morgan fingerprint density at radius 3 is 3.04 bits per heavy atom. The van der Waals surface area contributed by atoms with E-state index in [1.54, 1.807) is 17.0 Å². The molecule has 4 aromatic heterocycles. The van der Waals surface area contributed by atoms with Gasteiger partial charge in [0, 0.05) is 31.7 Å². The summed E-state index contributed by atoms with van der Waals surface area (Å²) in [6.45, 7) is 4.64. The van der Waals surface area contributed by atoms with E-state index in [0.29, 0.717) is 5.92 Å². The maximum atomic E-state index is 4.53. The Morgan fingerprint density at radius 1 is 1.19 bits per heavy atom. The van der Waals surface area contributed by atoms with Gasteiger partial charge in [0.15, 0.2) is 11.3 Å². The molecule has 4 aromatic rings. The van der Waals surface area contributed by atoms with Gasteiger partial charge < -0.3 is 10.2 Å². The lowest BCUT2D eigenvalue weighted by atomic mass is 10.0. The van der Waals surface area contributed by atoms with Crippen molar-refractivity contribution in [1.29, 1.82) is 0 Å². The zero-order chi connectivity index (χ0) is 17.5. The average molecular weight is 347 g/mol. The van der Waals surface area contributed by atoms with Crippen molar-refractivity contribution in [2.75, 3.05) is 29.9 Å². The zero-order valence-electron chi connectivity index (χ0n) is 14.2. The average Bonchev–Trinajstić information content (AvgIpc) is 3.08. The van der Waals surface area contributed by atoms with Crippen molar-refractivity contribution in [2.24, 2.45) is 5.92 Å². The van der Waals surface area contributed by atoms with E-state index in [1.165, 1.54) is 0 Å². The van der Waals surface area contributed by atoms with Crippen LogP contribution in [0.5, 0.6) is 0 Å². The first-order valence-electron chi connectivity index (χ1n) is 8.51. The fraction of sp³-hybridized carbons (Fsp3) is 0.294. The predicted molar refractivity (Wildman–Crippen MR) is 97.0 cm³/mol. The summed E-state index contributed by atoms with van der Waals surface area (Å²) < 4.78 is 1.70. The van der Waals surface area contributed by atoms with Crippen molar-refractivity contribution in [3.05, 3.63) is 42.6 Å². The summed E-state index contributed by atoms with van der Waals surface area (Å²) in [6, 6.07) is 7.82. The number of hydrogen-bond donors (Lipinski definition) is 1. The number of nitrogens with zero attached hydrogens (tertiary/aromatic N) is 8. The van der Waals surface area contributed by atoms with Gasteiger partial charge in [-0.05, 0) is 31.2 Å². The number of nitrogens with one attached hydrogen (secondary N) is 1. The molecule has 0 radical (unpaired) electrons. The molecule has 5 heterocycles. The smallest absolute Gasteiger partial charge is 0.177 e. The molecule has 26 heavy (non-hydrogen) atoms. The molecule has 1 fully saturated rings. The number of rotatable bonds is 4. The van der Waals surface area contributed by atoms with Crippen molar-refractivity contribution in [3.8, 4) is 0 Å². The van der Waals surface area contributed by atoms with E-state index in [2.05, 4.69) is 40.5 Å². The van der Waals surface area contributed by atoms with Crippen molar-refractivity contribution in [2.45, 2.75) is 6.92 Å². The molecule has 9 nitrogen and oxygen atoms in total. The third kappa shape index (κ3) is 2.57. The lowest BCUT2D eigenvalue weighted by molar-refractivity contribution is 0.425. The highest BCUT2D eigenvalue weighted by Gasteiger charge is 2.28. The first-order chi connectivity index (χ1) is 12.8. The molecule has 0 saturated carbocycles. The van der Waals surface area contributed by atoms with E-state index < -0.39 is 0 Å². The van der Waals surface area contributed by atoms with Crippen LogP contribution in [0.4, 0.5) is 11.6 Å². The third-order valence-corrected chi connectivity index (χ3v) is 4.57. The topological polar surface area (TPSA) is 97.0 Å². The van der Waals surface area contributed by atoms with Gasteiger partial charge >= 0.3 is 0 Å². The maximum absolute atomic E-state index is 4.53. The van der Waals surface area contributed by atoms with E-state index in [-0.39, 0.29) is 0 Å². The largest absolute Gasteiger partial charge is 0.369 e. The Kier molecular flexibility index (Phi) is 3.37. The van der Waals surface area contributed by atoms with Crippen LogP contribution in [-0.4, -0.2) is 54.4 Å². The molecule has 1 aliphatic rings. The van der Waals surface area contributed by atoms with Crippen LogP contribution in [-0.2, 0) is 0 Å². The molecule has 5 rings (SSSR count). The van der Waals surface area contributed by atoms with Crippen molar-refractivity contribution in [3.63, 3.8) is 0 Å². The monoisotopic (exact) mass is 347 g/mol. The van der Waals surface area contributed by atoms with E-state index >= 15 is 0 Å². The minimum absolute atomic E-state index is 0.537. The highest BCUT2D eigenvalue weighted by atomic mass is 15.4. The number of hydrogen-bond acceptors (Lipinski definition) is 8. The van der Waals surface area contributed by atoms with Crippen molar-refractivity contribution < 1.29 is 0 Å². The SMILES string of the molecule is Cc1nc(NCC2CN(c3ccc4nncn4n3)C2)c2cccnc2n1. The van der Waals surface area contributed by atoms with Crippen LogP contribution in [0.15, 0.2) is 36.8 Å². The summed E-state index contributed by atoms with van der Waals surface area (Å²) >= 11 is 0. The third-order valence-electron chi connectivity index (χ3n) is 4.57. The van der Waals surface area contributed by atoms with Gasteiger partial charge in [-0.1, -0.05) is 0 Å². The van der Waals surface area contributed by atoms with Crippen molar-refractivity contribution in [1.82, 2.24) is 34.8 Å². The Hall–Kier alpha value is -3.36. The number of anilines is 2. The van der Waals surface area contributed by atoms with Crippen LogP contribution in [0, 0.1) is 12.8 Å². The highest BCUT2D eigenvalue weighted by molar-refractivity contribution is 5.86. The molecule has 0 spiro atoms. The first kappa shape index (κ1) is 14.9. The number of pyridine rings is 1. The highest BCUT2D eigenvalue weighted by Crippen LogP contribution is 2.24. The minimum atomic E-state index is 0.537. The number of aryl methyl sites for hydroxylation is 1. The number of fused-ring (bicyclic) bond motifs is 2. The van der Waals surface area contributed by atoms with Gasteiger partial charge in [0.05, 0.1) is 5.39 Å². The van der Waals surface area contributed by atoms with E-state index in [0.717, 1.165) is 53.8 Å². The van der Waals surface area contributed by atoms with Crippen LogP contribution in [0.25, 0.3) is 16.7 Å². The minimum Gasteiger partial charge on any atom is -0.369 e.